The lowest BCUT2D eigenvalue weighted by atomic mass is 10.2. The van der Waals surface area contributed by atoms with Gasteiger partial charge in [-0.2, -0.15) is 14.0 Å². The molecule has 0 fully saturated rings. The van der Waals surface area contributed by atoms with Crippen LogP contribution >= 0.6 is 27.5 Å². The molecule has 5 nitrogen and oxygen atoms in total. The summed E-state index contributed by atoms with van der Waals surface area (Å²) in [5.41, 5.74) is -0.650. The highest BCUT2D eigenvalue weighted by Gasteiger charge is 2.26. The first-order valence-electron chi connectivity index (χ1n) is 6.30. The van der Waals surface area contributed by atoms with Gasteiger partial charge in [0, 0.05) is 11.1 Å². The fourth-order valence-corrected chi connectivity index (χ4v) is 3.04. The first-order chi connectivity index (χ1) is 11.6. The monoisotopic (exact) mass is 454 g/mol. The second-order valence-electron chi connectivity index (χ2n) is 4.53. The maximum Gasteiger partial charge on any atom is 0.355 e. The Balaban J connectivity index is 2.42. The number of halogens is 5. The van der Waals surface area contributed by atoms with E-state index in [1.54, 1.807) is 10.8 Å². The van der Waals surface area contributed by atoms with Gasteiger partial charge in [-0.05, 0) is 40.2 Å². The van der Waals surface area contributed by atoms with Crippen LogP contribution in [0.2, 0.25) is 5.02 Å². The molecule has 25 heavy (non-hydrogen) atoms. The second-order valence-corrected chi connectivity index (χ2v) is 7.41. The zero-order chi connectivity index (χ0) is 18.8. The molecule has 2 rings (SSSR count). The van der Waals surface area contributed by atoms with Crippen molar-refractivity contribution in [2.45, 2.75) is 5.76 Å². The van der Waals surface area contributed by atoms with Crippen molar-refractivity contribution in [1.29, 1.82) is 5.26 Å². The maximum atomic E-state index is 13.3. The lowest BCUT2D eigenvalue weighted by molar-refractivity contribution is 0.236. The van der Waals surface area contributed by atoms with Crippen molar-refractivity contribution in [3.8, 4) is 17.6 Å². The van der Waals surface area contributed by atoms with E-state index in [2.05, 4.69) is 15.9 Å². The molecule has 0 saturated heterocycles. The van der Waals surface area contributed by atoms with Crippen molar-refractivity contribution in [1.82, 2.24) is 0 Å². The van der Waals surface area contributed by atoms with Crippen LogP contribution in [-0.2, 0) is 10.0 Å². The summed E-state index contributed by atoms with van der Waals surface area (Å²) in [6, 6.07) is 7.38. The Morgan fingerprint density at radius 2 is 1.96 bits per heavy atom. The van der Waals surface area contributed by atoms with Gasteiger partial charge in [0.1, 0.15) is 23.4 Å². The van der Waals surface area contributed by atoms with Crippen LogP contribution < -0.4 is 9.46 Å². The average Bonchev–Trinajstić information content (AvgIpc) is 2.49. The molecule has 0 heterocycles. The molecular formula is C14H7BrClF3N2O3S. The molecule has 0 aliphatic rings. The van der Waals surface area contributed by atoms with Crippen molar-refractivity contribution in [3.05, 3.63) is 51.2 Å². The highest BCUT2D eigenvalue weighted by Crippen LogP contribution is 2.37. The fourth-order valence-electron chi connectivity index (χ4n) is 1.74. The SMILES string of the molecule is N#Cc1c(NS(=O)(=O)C(F)F)ccc(Oc2cc(F)cc(Cl)c2)c1Br. The summed E-state index contributed by atoms with van der Waals surface area (Å²) in [5.74, 6) is -4.27. The Morgan fingerprint density at radius 1 is 1.28 bits per heavy atom. The molecule has 2 aromatic rings. The molecule has 0 aliphatic heterocycles. The first kappa shape index (κ1) is 19.4. The van der Waals surface area contributed by atoms with E-state index in [0.29, 0.717) is 0 Å². The third-order valence-electron chi connectivity index (χ3n) is 2.77. The number of nitrogens with zero attached hydrogens (tertiary/aromatic N) is 1. The predicted octanol–water partition coefficient (Wildman–Crippen LogP) is 4.87. The third kappa shape index (κ3) is 4.56. The smallest absolute Gasteiger partial charge is 0.355 e. The van der Waals surface area contributed by atoms with Gasteiger partial charge >= 0.3 is 5.76 Å². The molecule has 0 radical (unpaired) electrons. The van der Waals surface area contributed by atoms with Crippen molar-refractivity contribution in [2.24, 2.45) is 0 Å². The number of anilines is 1. The first-order valence-corrected chi connectivity index (χ1v) is 9.02. The van der Waals surface area contributed by atoms with Gasteiger partial charge in [-0.15, -0.1) is 0 Å². The van der Waals surface area contributed by atoms with Crippen molar-refractivity contribution >= 4 is 43.2 Å². The zero-order valence-electron chi connectivity index (χ0n) is 11.9. The van der Waals surface area contributed by atoms with E-state index in [4.69, 9.17) is 16.3 Å². The molecule has 2 aromatic carbocycles. The van der Waals surface area contributed by atoms with Crippen LogP contribution in [0.3, 0.4) is 0 Å². The highest BCUT2D eigenvalue weighted by molar-refractivity contribution is 9.10. The van der Waals surface area contributed by atoms with Crippen LogP contribution in [0.25, 0.3) is 0 Å². The maximum absolute atomic E-state index is 13.3. The number of hydrogen-bond donors (Lipinski definition) is 1. The second kappa shape index (κ2) is 7.51. The number of nitrogens with one attached hydrogen (secondary N) is 1. The third-order valence-corrected chi connectivity index (χ3v) is 4.75. The minimum absolute atomic E-state index is 0.00940. The number of ether oxygens (including phenoxy) is 1. The van der Waals surface area contributed by atoms with Crippen molar-refractivity contribution < 1.29 is 26.3 Å². The van der Waals surface area contributed by atoms with Gasteiger partial charge in [0.15, 0.2) is 0 Å². The van der Waals surface area contributed by atoms with Gasteiger partial charge in [-0.25, -0.2) is 12.8 Å². The molecule has 0 spiro atoms. The Hall–Kier alpha value is -1.96. The van der Waals surface area contributed by atoms with Gasteiger partial charge in [0.2, 0.25) is 0 Å². The predicted molar refractivity (Wildman–Crippen MR) is 88.9 cm³/mol. The molecule has 0 saturated carbocycles. The normalized spacial score (nSPS) is 11.2. The minimum Gasteiger partial charge on any atom is -0.456 e. The van der Waals surface area contributed by atoms with Crippen LogP contribution in [0, 0.1) is 17.1 Å². The van der Waals surface area contributed by atoms with E-state index in [9.17, 15) is 26.9 Å². The summed E-state index contributed by atoms with van der Waals surface area (Å²) >= 11 is 8.75. The van der Waals surface area contributed by atoms with Crippen LogP contribution in [0.4, 0.5) is 18.9 Å². The standard InChI is InChI=1S/C14H7BrClF3N2O3S/c15-13-10(6-20)11(21-25(22,23)14(18)19)1-2-12(13)24-9-4-7(16)3-8(17)5-9/h1-5,14,21H. The minimum atomic E-state index is -4.95. The van der Waals surface area contributed by atoms with E-state index < -0.39 is 21.6 Å². The van der Waals surface area contributed by atoms with Gasteiger partial charge in [0.05, 0.1) is 15.7 Å². The quantitative estimate of drug-likeness (QED) is 0.698. The number of alkyl halides is 2. The van der Waals surface area contributed by atoms with Gasteiger partial charge < -0.3 is 4.74 Å². The molecule has 0 aromatic heterocycles. The van der Waals surface area contributed by atoms with Crippen LogP contribution in [0.5, 0.6) is 11.5 Å². The number of nitriles is 1. The molecule has 0 unspecified atom stereocenters. The summed E-state index contributed by atoms with van der Waals surface area (Å²) in [6.07, 6.45) is 0. The van der Waals surface area contributed by atoms with Crippen molar-refractivity contribution in [2.75, 3.05) is 4.72 Å². The number of benzene rings is 2. The van der Waals surface area contributed by atoms with Gasteiger partial charge in [-0.1, -0.05) is 11.6 Å². The average molecular weight is 456 g/mol. The Labute approximate surface area is 154 Å². The molecular weight excluding hydrogens is 449 g/mol. The lowest BCUT2D eigenvalue weighted by Crippen LogP contribution is -2.21. The number of rotatable bonds is 5. The van der Waals surface area contributed by atoms with Gasteiger partial charge in [-0.3, -0.25) is 4.72 Å². The highest BCUT2D eigenvalue weighted by atomic mass is 79.9. The molecule has 0 amide bonds. The Morgan fingerprint density at radius 3 is 2.52 bits per heavy atom. The molecule has 1 N–H and O–H groups in total. The molecule has 11 heteroatoms. The fraction of sp³-hybridized carbons (Fsp3) is 0.0714. The molecule has 132 valence electrons. The Bertz CT molecular complexity index is 944. The molecule has 0 atom stereocenters. The van der Waals surface area contributed by atoms with Gasteiger partial charge in [0.25, 0.3) is 10.0 Å². The number of sulfonamides is 1. The van der Waals surface area contributed by atoms with Crippen molar-refractivity contribution in [3.63, 3.8) is 0 Å². The van der Waals surface area contributed by atoms with E-state index in [-0.39, 0.29) is 32.2 Å². The lowest BCUT2D eigenvalue weighted by Gasteiger charge is -2.13. The van der Waals surface area contributed by atoms with Crippen LogP contribution in [0.15, 0.2) is 34.8 Å². The van der Waals surface area contributed by atoms with E-state index >= 15 is 0 Å². The summed E-state index contributed by atoms with van der Waals surface area (Å²) < 4.78 is 67.8. The largest absolute Gasteiger partial charge is 0.456 e. The summed E-state index contributed by atoms with van der Waals surface area (Å²) in [6.45, 7) is 0. The van der Waals surface area contributed by atoms with E-state index in [0.717, 1.165) is 18.2 Å². The Kier molecular flexibility index (Phi) is 5.82. The van der Waals surface area contributed by atoms with Crippen LogP contribution in [0.1, 0.15) is 5.56 Å². The van der Waals surface area contributed by atoms with E-state index in [1.807, 2.05) is 0 Å². The molecule has 0 bridgehead atoms. The summed E-state index contributed by atoms with van der Waals surface area (Å²) in [5, 5.41) is 9.25. The molecule has 0 aliphatic carbocycles. The zero-order valence-corrected chi connectivity index (χ0v) is 15.1. The van der Waals surface area contributed by atoms with Crippen LogP contribution in [-0.4, -0.2) is 14.2 Å². The number of hydrogen-bond acceptors (Lipinski definition) is 4. The topological polar surface area (TPSA) is 79.2 Å². The summed E-state index contributed by atoms with van der Waals surface area (Å²) in [7, 11) is -4.95. The van der Waals surface area contributed by atoms with E-state index in [1.165, 1.54) is 12.1 Å². The summed E-state index contributed by atoms with van der Waals surface area (Å²) in [4.78, 5) is 0.